The first-order valence-corrected chi connectivity index (χ1v) is 11.0. The van der Waals surface area contributed by atoms with Crippen molar-refractivity contribution in [3.05, 3.63) is 101 Å². The van der Waals surface area contributed by atoms with Crippen LogP contribution in [-0.2, 0) is 25.7 Å². The van der Waals surface area contributed by atoms with Crippen molar-refractivity contribution in [1.82, 2.24) is 0 Å². The topological polar surface area (TPSA) is 27.7 Å². The number of benzene rings is 4. The summed E-state index contributed by atoms with van der Waals surface area (Å²) in [5.74, 6) is 2.03. The molecular weight excluding hydrogens is 396 g/mol. The number of aryl methyl sites for hydroxylation is 4. The fourth-order valence-electron chi connectivity index (χ4n) is 4.19. The minimum atomic E-state index is 0.634. The van der Waals surface area contributed by atoms with Gasteiger partial charge in [-0.05, 0) is 70.8 Å². The predicted molar refractivity (Wildman–Crippen MR) is 131 cm³/mol. The van der Waals surface area contributed by atoms with Crippen molar-refractivity contribution >= 4 is 10.8 Å². The van der Waals surface area contributed by atoms with Crippen LogP contribution >= 0.6 is 0 Å². The smallest absolute Gasteiger partial charge is 0.203 e. The molecule has 0 heterocycles. The average Bonchev–Trinajstić information content (AvgIpc) is 2.85. The van der Waals surface area contributed by atoms with Gasteiger partial charge in [-0.15, -0.1) is 0 Å². The molecule has 32 heavy (non-hydrogen) atoms. The molecule has 0 radical (unpaired) electrons. The molecule has 0 aliphatic heterocycles. The van der Waals surface area contributed by atoms with E-state index in [-0.39, 0.29) is 0 Å². The van der Waals surface area contributed by atoms with Crippen LogP contribution in [0.3, 0.4) is 0 Å². The van der Waals surface area contributed by atoms with Crippen molar-refractivity contribution in [3.63, 3.8) is 0 Å². The Balaban J connectivity index is 1.42. The van der Waals surface area contributed by atoms with Crippen LogP contribution in [0.5, 0.6) is 17.2 Å². The van der Waals surface area contributed by atoms with Crippen molar-refractivity contribution in [1.29, 1.82) is 0 Å². The highest BCUT2D eigenvalue weighted by atomic mass is 16.5. The van der Waals surface area contributed by atoms with Crippen LogP contribution < -0.4 is 14.2 Å². The Morgan fingerprint density at radius 2 is 1.03 bits per heavy atom. The van der Waals surface area contributed by atoms with E-state index in [9.17, 15) is 0 Å². The summed E-state index contributed by atoms with van der Waals surface area (Å²) in [6.45, 7) is 0. The van der Waals surface area contributed by atoms with Crippen LogP contribution in [0.4, 0.5) is 0 Å². The lowest BCUT2D eigenvalue weighted by Crippen LogP contribution is -1.99. The van der Waals surface area contributed by atoms with Crippen molar-refractivity contribution in [2.75, 3.05) is 21.3 Å². The fraction of sp³-hybridized carbons (Fsp3) is 0.241. The van der Waals surface area contributed by atoms with Gasteiger partial charge in [-0.3, -0.25) is 0 Å². The van der Waals surface area contributed by atoms with E-state index in [2.05, 4.69) is 66.7 Å². The number of methoxy groups -OCH3 is 3. The Bertz CT molecular complexity index is 1170. The van der Waals surface area contributed by atoms with Gasteiger partial charge in [0.1, 0.15) is 0 Å². The highest BCUT2D eigenvalue weighted by Crippen LogP contribution is 2.38. The second-order valence-corrected chi connectivity index (χ2v) is 8.04. The number of ether oxygens (including phenoxy) is 3. The molecule has 0 aliphatic carbocycles. The van der Waals surface area contributed by atoms with Gasteiger partial charge in [0.2, 0.25) is 5.75 Å². The van der Waals surface area contributed by atoms with Crippen molar-refractivity contribution in [3.8, 4) is 17.2 Å². The van der Waals surface area contributed by atoms with Crippen LogP contribution in [0.15, 0.2) is 78.9 Å². The van der Waals surface area contributed by atoms with Gasteiger partial charge in [-0.1, -0.05) is 66.7 Å². The zero-order valence-corrected chi connectivity index (χ0v) is 19.1. The summed E-state index contributed by atoms with van der Waals surface area (Å²) in [6, 6.07) is 28.3. The molecule has 4 aromatic rings. The van der Waals surface area contributed by atoms with Crippen LogP contribution in [0.1, 0.15) is 22.3 Å². The van der Waals surface area contributed by atoms with E-state index in [1.165, 1.54) is 33.0 Å². The van der Waals surface area contributed by atoms with E-state index in [0.29, 0.717) is 17.2 Å². The van der Waals surface area contributed by atoms with Gasteiger partial charge >= 0.3 is 0 Å². The van der Waals surface area contributed by atoms with Gasteiger partial charge in [0.05, 0.1) is 21.3 Å². The molecule has 3 nitrogen and oxygen atoms in total. The summed E-state index contributed by atoms with van der Waals surface area (Å²) in [7, 11) is 4.93. The highest BCUT2D eigenvalue weighted by molar-refractivity contribution is 5.83. The maximum absolute atomic E-state index is 5.49. The molecule has 0 spiro atoms. The van der Waals surface area contributed by atoms with Gasteiger partial charge in [0.15, 0.2) is 11.5 Å². The quantitative estimate of drug-likeness (QED) is 0.308. The maximum atomic E-state index is 5.49. The second kappa shape index (κ2) is 10.2. The van der Waals surface area contributed by atoms with Crippen LogP contribution in [0.25, 0.3) is 10.8 Å². The standard InChI is InChI=1S/C29H30O3/c1-30-27-19-24(20-28(31-2)29(27)32-3)14-13-22-8-6-7-21(17-22)11-12-23-15-16-25-9-4-5-10-26(25)18-23/h4-10,15-20H,11-14H2,1-3H3. The Labute approximate surface area is 190 Å². The van der Waals surface area contributed by atoms with Crippen LogP contribution in [-0.4, -0.2) is 21.3 Å². The van der Waals surface area contributed by atoms with E-state index in [1.807, 2.05) is 12.1 Å². The third-order valence-electron chi connectivity index (χ3n) is 5.93. The summed E-state index contributed by atoms with van der Waals surface area (Å²) in [6.07, 6.45) is 3.95. The zero-order valence-electron chi connectivity index (χ0n) is 19.1. The Kier molecular flexibility index (Phi) is 6.96. The molecule has 0 aromatic heterocycles. The lowest BCUT2D eigenvalue weighted by atomic mass is 9.98. The summed E-state index contributed by atoms with van der Waals surface area (Å²) in [4.78, 5) is 0. The SMILES string of the molecule is COc1cc(CCc2cccc(CCc3ccc4ccccc4c3)c2)cc(OC)c1OC. The monoisotopic (exact) mass is 426 g/mol. The van der Waals surface area contributed by atoms with E-state index in [4.69, 9.17) is 14.2 Å². The normalized spacial score (nSPS) is 10.8. The minimum absolute atomic E-state index is 0.634. The molecule has 4 aromatic carbocycles. The number of hydrogen-bond acceptors (Lipinski definition) is 3. The van der Waals surface area contributed by atoms with Gasteiger partial charge < -0.3 is 14.2 Å². The van der Waals surface area contributed by atoms with Crippen molar-refractivity contribution in [2.45, 2.75) is 25.7 Å². The second-order valence-electron chi connectivity index (χ2n) is 8.04. The van der Waals surface area contributed by atoms with Gasteiger partial charge in [0.25, 0.3) is 0 Å². The molecule has 0 fully saturated rings. The molecule has 3 heteroatoms. The first kappa shape index (κ1) is 21.8. The minimum Gasteiger partial charge on any atom is -0.493 e. The maximum Gasteiger partial charge on any atom is 0.203 e. The zero-order chi connectivity index (χ0) is 22.3. The lowest BCUT2D eigenvalue weighted by molar-refractivity contribution is 0.324. The first-order valence-electron chi connectivity index (χ1n) is 11.0. The van der Waals surface area contributed by atoms with Crippen LogP contribution in [0.2, 0.25) is 0 Å². The molecule has 164 valence electrons. The van der Waals surface area contributed by atoms with Crippen LogP contribution in [0, 0.1) is 0 Å². The number of rotatable bonds is 9. The Morgan fingerprint density at radius 3 is 1.62 bits per heavy atom. The average molecular weight is 427 g/mol. The largest absolute Gasteiger partial charge is 0.493 e. The van der Waals surface area contributed by atoms with E-state index in [1.54, 1.807) is 21.3 Å². The van der Waals surface area contributed by atoms with E-state index in [0.717, 1.165) is 25.7 Å². The van der Waals surface area contributed by atoms with E-state index >= 15 is 0 Å². The number of fused-ring (bicyclic) bond motifs is 1. The molecule has 0 amide bonds. The molecule has 0 bridgehead atoms. The molecular formula is C29H30O3. The third kappa shape index (κ3) is 5.05. The molecule has 0 aliphatic rings. The predicted octanol–water partition coefficient (Wildman–Crippen LogP) is 6.44. The van der Waals surface area contributed by atoms with Gasteiger partial charge in [0, 0.05) is 0 Å². The first-order chi connectivity index (χ1) is 15.7. The Morgan fingerprint density at radius 1 is 0.469 bits per heavy atom. The summed E-state index contributed by atoms with van der Waals surface area (Å²) in [5, 5.41) is 2.61. The van der Waals surface area contributed by atoms with E-state index < -0.39 is 0 Å². The van der Waals surface area contributed by atoms with Crippen molar-refractivity contribution in [2.24, 2.45) is 0 Å². The number of hydrogen-bond donors (Lipinski definition) is 0. The summed E-state index contributed by atoms with van der Waals surface area (Å²) in [5.41, 5.74) is 5.27. The van der Waals surface area contributed by atoms with Gasteiger partial charge in [-0.2, -0.15) is 0 Å². The molecule has 0 N–H and O–H groups in total. The molecule has 4 rings (SSSR count). The molecule has 0 saturated heterocycles. The molecule has 0 atom stereocenters. The summed E-state index contributed by atoms with van der Waals surface area (Å²) < 4.78 is 16.4. The summed E-state index contributed by atoms with van der Waals surface area (Å²) >= 11 is 0. The van der Waals surface area contributed by atoms with Crippen molar-refractivity contribution < 1.29 is 14.2 Å². The fourth-order valence-corrected chi connectivity index (χ4v) is 4.19. The lowest BCUT2D eigenvalue weighted by Gasteiger charge is -2.14. The molecule has 0 unspecified atom stereocenters. The molecule has 0 saturated carbocycles. The highest BCUT2D eigenvalue weighted by Gasteiger charge is 2.13. The third-order valence-corrected chi connectivity index (χ3v) is 5.93. The Hall–Kier alpha value is -3.46. The van der Waals surface area contributed by atoms with Gasteiger partial charge in [-0.25, -0.2) is 0 Å².